The van der Waals surface area contributed by atoms with Gasteiger partial charge in [-0.15, -0.1) is 0 Å². The van der Waals surface area contributed by atoms with Gasteiger partial charge in [0.15, 0.2) is 0 Å². The van der Waals surface area contributed by atoms with Crippen molar-refractivity contribution in [3.63, 3.8) is 0 Å². The lowest BCUT2D eigenvalue weighted by Crippen LogP contribution is -2.56. The van der Waals surface area contributed by atoms with E-state index in [1.54, 1.807) is 0 Å². The van der Waals surface area contributed by atoms with Crippen molar-refractivity contribution in [3.8, 4) is 6.07 Å². The summed E-state index contributed by atoms with van der Waals surface area (Å²) in [6.07, 6.45) is 4.90. The van der Waals surface area contributed by atoms with E-state index < -0.39 is 0 Å². The second-order valence-electron chi connectivity index (χ2n) is 5.47. The number of rotatable bonds is 6. The van der Waals surface area contributed by atoms with Crippen LogP contribution in [-0.4, -0.2) is 23.8 Å². The van der Waals surface area contributed by atoms with Crippen molar-refractivity contribution in [2.75, 3.05) is 13.2 Å². The number of nitrogens with one attached hydrogen (secondary N) is 1. The fourth-order valence-electron chi connectivity index (χ4n) is 1.90. The maximum atomic E-state index is 9.29. The Labute approximate surface area is 92.5 Å². The van der Waals surface area contributed by atoms with Gasteiger partial charge in [-0.25, -0.2) is 0 Å². The number of hydrogen-bond donors (Lipinski definition) is 2. The molecule has 2 N–H and O–H groups in total. The largest absolute Gasteiger partial charge is 0.394 e. The van der Waals surface area contributed by atoms with Gasteiger partial charge in [-0.2, -0.15) is 5.26 Å². The summed E-state index contributed by atoms with van der Waals surface area (Å²) in [5, 5.41) is 21.3. The zero-order valence-electron chi connectivity index (χ0n) is 9.84. The van der Waals surface area contributed by atoms with Crippen molar-refractivity contribution in [2.24, 2.45) is 5.41 Å². The number of aliphatic hydroxyl groups excluding tert-OH is 1. The minimum absolute atomic E-state index is 0.0100. The molecule has 0 radical (unpaired) electrons. The fourth-order valence-corrected chi connectivity index (χ4v) is 1.90. The summed E-state index contributed by atoms with van der Waals surface area (Å²) in [6.45, 7) is 5.46. The van der Waals surface area contributed by atoms with Crippen molar-refractivity contribution >= 4 is 0 Å². The van der Waals surface area contributed by atoms with Gasteiger partial charge in [0.05, 0.1) is 12.7 Å². The van der Waals surface area contributed by atoms with E-state index in [1.165, 1.54) is 6.42 Å². The molecule has 0 aromatic carbocycles. The summed E-state index contributed by atoms with van der Waals surface area (Å²) in [4.78, 5) is 0. The van der Waals surface area contributed by atoms with Gasteiger partial charge in [0.1, 0.15) is 0 Å². The maximum Gasteiger partial charge on any atom is 0.0621 e. The summed E-state index contributed by atoms with van der Waals surface area (Å²) in [7, 11) is 0. The number of nitrogens with zero attached hydrogens (tertiary/aromatic N) is 1. The van der Waals surface area contributed by atoms with Crippen LogP contribution in [-0.2, 0) is 0 Å². The van der Waals surface area contributed by atoms with Crippen LogP contribution >= 0.6 is 0 Å². The molecule has 1 rings (SSSR count). The van der Waals surface area contributed by atoms with E-state index in [0.29, 0.717) is 6.42 Å². The predicted molar refractivity (Wildman–Crippen MR) is 60.3 cm³/mol. The van der Waals surface area contributed by atoms with E-state index in [9.17, 15) is 5.11 Å². The van der Waals surface area contributed by atoms with E-state index in [2.05, 4.69) is 25.2 Å². The molecule has 0 aliphatic heterocycles. The molecule has 3 nitrogen and oxygen atoms in total. The smallest absolute Gasteiger partial charge is 0.0621 e. The minimum atomic E-state index is -0.0100. The van der Waals surface area contributed by atoms with Crippen molar-refractivity contribution in [1.29, 1.82) is 5.26 Å². The van der Waals surface area contributed by atoms with Crippen molar-refractivity contribution in [3.05, 3.63) is 0 Å². The summed E-state index contributed by atoms with van der Waals surface area (Å²) in [5.74, 6) is 0. The van der Waals surface area contributed by atoms with Gasteiger partial charge < -0.3 is 10.4 Å². The molecular formula is C12H22N2O. The number of aliphatic hydroxyl groups is 1. The third-order valence-electron chi connectivity index (χ3n) is 3.47. The molecule has 0 atom stereocenters. The first-order valence-corrected chi connectivity index (χ1v) is 5.76. The molecule has 0 aromatic heterocycles. The Morgan fingerprint density at radius 2 is 2.13 bits per heavy atom. The molecule has 86 valence electrons. The molecule has 15 heavy (non-hydrogen) atoms. The molecular weight excluding hydrogens is 188 g/mol. The Balaban J connectivity index is 2.31. The van der Waals surface area contributed by atoms with Crippen LogP contribution in [0.15, 0.2) is 0 Å². The molecule has 0 heterocycles. The van der Waals surface area contributed by atoms with Crippen LogP contribution in [0.3, 0.4) is 0 Å². The van der Waals surface area contributed by atoms with Crippen LogP contribution in [0.25, 0.3) is 0 Å². The van der Waals surface area contributed by atoms with Crippen LogP contribution in [0.4, 0.5) is 0 Å². The van der Waals surface area contributed by atoms with E-state index in [1.807, 2.05) is 0 Å². The zero-order valence-corrected chi connectivity index (χ0v) is 9.84. The van der Waals surface area contributed by atoms with Crippen molar-refractivity contribution in [1.82, 2.24) is 5.32 Å². The summed E-state index contributed by atoms with van der Waals surface area (Å²) >= 11 is 0. The second-order valence-corrected chi connectivity index (χ2v) is 5.47. The quantitative estimate of drug-likeness (QED) is 0.703. The third-order valence-corrected chi connectivity index (χ3v) is 3.47. The molecule has 0 aromatic rings. The topological polar surface area (TPSA) is 56.0 Å². The summed E-state index contributed by atoms with van der Waals surface area (Å²) in [5.41, 5.74) is 0.136. The van der Waals surface area contributed by atoms with Gasteiger partial charge in [0.25, 0.3) is 0 Å². The lowest BCUT2D eigenvalue weighted by atomic mass is 9.76. The van der Waals surface area contributed by atoms with Crippen LogP contribution in [0, 0.1) is 16.7 Å². The molecule has 1 aliphatic rings. The Morgan fingerprint density at radius 3 is 2.53 bits per heavy atom. The molecule has 0 unspecified atom stereocenters. The lowest BCUT2D eigenvalue weighted by Gasteiger charge is -2.43. The third kappa shape index (κ3) is 3.48. The highest BCUT2D eigenvalue weighted by Crippen LogP contribution is 2.32. The first kappa shape index (κ1) is 12.5. The van der Waals surface area contributed by atoms with Crippen LogP contribution < -0.4 is 5.32 Å². The van der Waals surface area contributed by atoms with Crippen LogP contribution in [0.1, 0.15) is 46.0 Å². The summed E-state index contributed by atoms with van der Waals surface area (Å²) < 4.78 is 0. The molecule has 0 saturated heterocycles. The highest BCUT2D eigenvalue weighted by molar-refractivity contribution is 4.96. The molecule has 1 fully saturated rings. The lowest BCUT2D eigenvalue weighted by molar-refractivity contribution is 0.0767. The standard InChI is InChI=1S/C12H22N2O/c1-11(2,5-4-8-13)9-14-12(10-15)6-3-7-12/h14-15H,3-7,9-10H2,1-2H3. The Morgan fingerprint density at radius 1 is 1.47 bits per heavy atom. The monoisotopic (exact) mass is 210 g/mol. The number of nitriles is 1. The number of hydrogen-bond acceptors (Lipinski definition) is 3. The summed E-state index contributed by atoms with van der Waals surface area (Å²) in [6, 6.07) is 2.19. The van der Waals surface area contributed by atoms with Gasteiger partial charge in [-0.05, 0) is 31.1 Å². The van der Waals surface area contributed by atoms with E-state index in [-0.39, 0.29) is 17.6 Å². The van der Waals surface area contributed by atoms with Crippen molar-refractivity contribution < 1.29 is 5.11 Å². The van der Waals surface area contributed by atoms with Gasteiger partial charge in [0.2, 0.25) is 0 Å². The van der Waals surface area contributed by atoms with Gasteiger partial charge in [-0.3, -0.25) is 0 Å². The van der Waals surface area contributed by atoms with Crippen LogP contribution in [0.2, 0.25) is 0 Å². The minimum Gasteiger partial charge on any atom is -0.394 e. The molecule has 1 aliphatic carbocycles. The molecule has 0 spiro atoms. The molecule has 0 bridgehead atoms. The normalized spacial score (nSPS) is 19.3. The fraction of sp³-hybridized carbons (Fsp3) is 0.917. The van der Waals surface area contributed by atoms with E-state index in [4.69, 9.17) is 5.26 Å². The average molecular weight is 210 g/mol. The van der Waals surface area contributed by atoms with E-state index in [0.717, 1.165) is 25.8 Å². The van der Waals surface area contributed by atoms with Crippen LogP contribution in [0.5, 0.6) is 0 Å². The average Bonchev–Trinajstić information content (AvgIpc) is 2.14. The maximum absolute atomic E-state index is 9.29. The first-order chi connectivity index (χ1) is 7.04. The SMILES string of the molecule is CC(C)(CCC#N)CNC1(CO)CCC1. The molecule has 3 heteroatoms. The second kappa shape index (κ2) is 4.96. The zero-order chi connectivity index (χ0) is 11.4. The van der Waals surface area contributed by atoms with Crippen molar-refractivity contribution in [2.45, 2.75) is 51.5 Å². The highest BCUT2D eigenvalue weighted by Gasteiger charge is 2.36. The Hall–Kier alpha value is -0.590. The van der Waals surface area contributed by atoms with Gasteiger partial charge in [0, 0.05) is 18.5 Å². The van der Waals surface area contributed by atoms with E-state index >= 15 is 0 Å². The first-order valence-electron chi connectivity index (χ1n) is 5.76. The van der Waals surface area contributed by atoms with Gasteiger partial charge in [-0.1, -0.05) is 13.8 Å². The Kier molecular flexibility index (Phi) is 4.12. The predicted octanol–water partition coefficient (Wildman–Crippen LogP) is 1.82. The molecule has 1 saturated carbocycles. The highest BCUT2D eigenvalue weighted by atomic mass is 16.3. The van der Waals surface area contributed by atoms with Gasteiger partial charge >= 0.3 is 0 Å². The molecule has 0 amide bonds. The Bertz CT molecular complexity index is 233.